The molecule has 0 aliphatic heterocycles. The summed E-state index contributed by atoms with van der Waals surface area (Å²) in [7, 11) is 0. The quantitative estimate of drug-likeness (QED) is 0.667. The molecule has 0 atom stereocenters. The van der Waals surface area contributed by atoms with Crippen molar-refractivity contribution in [3.8, 4) is 11.5 Å². The van der Waals surface area contributed by atoms with E-state index >= 15 is 0 Å². The lowest BCUT2D eigenvalue weighted by atomic mass is 10.1. The standard InChI is InChI=1S/C15H16N4/c1-15(2,3)19-14(17-10-18-19)13-8-11-6-4-5-7-12(11)9-16-13/h4-10H,1-3H3. The molecule has 0 aliphatic rings. The molecule has 0 unspecified atom stereocenters. The molecule has 0 saturated heterocycles. The number of pyridine rings is 1. The lowest BCUT2D eigenvalue weighted by Gasteiger charge is -2.20. The minimum absolute atomic E-state index is 0.112. The van der Waals surface area contributed by atoms with Gasteiger partial charge in [-0.3, -0.25) is 4.98 Å². The van der Waals surface area contributed by atoms with Crippen molar-refractivity contribution in [2.75, 3.05) is 0 Å². The second-order valence-electron chi connectivity index (χ2n) is 5.58. The third-order valence-corrected chi connectivity index (χ3v) is 3.04. The fourth-order valence-electron chi connectivity index (χ4n) is 2.11. The Morgan fingerprint density at radius 3 is 2.47 bits per heavy atom. The predicted octanol–water partition coefficient (Wildman–Crippen LogP) is 3.25. The zero-order valence-corrected chi connectivity index (χ0v) is 11.3. The minimum atomic E-state index is -0.112. The maximum absolute atomic E-state index is 4.50. The number of rotatable bonds is 1. The van der Waals surface area contributed by atoms with Crippen molar-refractivity contribution in [2.24, 2.45) is 0 Å². The summed E-state index contributed by atoms with van der Waals surface area (Å²) >= 11 is 0. The second kappa shape index (κ2) is 4.16. The first-order chi connectivity index (χ1) is 9.05. The zero-order valence-electron chi connectivity index (χ0n) is 11.3. The summed E-state index contributed by atoms with van der Waals surface area (Å²) in [6.45, 7) is 6.31. The van der Waals surface area contributed by atoms with Gasteiger partial charge in [0.25, 0.3) is 0 Å². The van der Waals surface area contributed by atoms with Gasteiger partial charge in [-0.1, -0.05) is 24.3 Å². The van der Waals surface area contributed by atoms with Gasteiger partial charge in [0, 0.05) is 11.6 Å². The topological polar surface area (TPSA) is 43.6 Å². The van der Waals surface area contributed by atoms with Crippen LogP contribution in [-0.2, 0) is 5.54 Å². The summed E-state index contributed by atoms with van der Waals surface area (Å²) in [6, 6.07) is 10.2. The minimum Gasteiger partial charge on any atom is -0.252 e. The van der Waals surface area contributed by atoms with Crippen molar-refractivity contribution < 1.29 is 0 Å². The van der Waals surface area contributed by atoms with E-state index in [9.17, 15) is 0 Å². The van der Waals surface area contributed by atoms with E-state index in [1.54, 1.807) is 6.33 Å². The lowest BCUT2D eigenvalue weighted by Crippen LogP contribution is -2.24. The first-order valence-corrected chi connectivity index (χ1v) is 6.31. The molecule has 2 heterocycles. The lowest BCUT2D eigenvalue weighted by molar-refractivity contribution is 0.359. The molecule has 0 radical (unpaired) electrons. The van der Waals surface area contributed by atoms with Crippen LogP contribution >= 0.6 is 0 Å². The van der Waals surface area contributed by atoms with Gasteiger partial charge in [-0.15, -0.1) is 0 Å². The van der Waals surface area contributed by atoms with Gasteiger partial charge in [0.2, 0.25) is 0 Å². The summed E-state index contributed by atoms with van der Waals surface area (Å²) in [5, 5.41) is 6.60. The largest absolute Gasteiger partial charge is 0.252 e. The van der Waals surface area contributed by atoms with E-state index in [1.807, 2.05) is 23.0 Å². The van der Waals surface area contributed by atoms with Crippen LogP contribution in [0.1, 0.15) is 20.8 Å². The molecule has 3 rings (SSSR count). The highest BCUT2D eigenvalue weighted by molar-refractivity contribution is 5.84. The van der Waals surface area contributed by atoms with E-state index in [0.717, 1.165) is 22.3 Å². The highest BCUT2D eigenvalue weighted by Crippen LogP contribution is 2.24. The Labute approximate surface area is 112 Å². The van der Waals surface area contributed by atoms with Crippen LogP contribution in [-0.4, -0.2) is 19.7 Å². The fraction of sp³-hybridized carbons (Fsp3) is 0.267. The van der Waals surface area contributed by atoms with E-state index in [4.69, 9.17) is 0 Å². The average Bonchev–Trinajstić information content (AvgIpc) is 2.87. The first-order valence-electron chi connectivity index (χ1n) is 6.31. The Hall–Kier alpha value is -2.23. The molecular formula is C15H16N4. The molecule has 0 saturated carbocycles. The van der Waals surface area contributed by atoms with Crippen LogP contribution < -0.4 is 0 Å². The third-order valence-electron chi connectivity index (χ3n) is 3.04. The molecule has 0 N–H and O–H groups in total. The SMILES string of the molecule is CC(C)(C)n1ncnc1-c1cc2ccccc2cn1. The Bertz CT molecular complexity index is 722. The molecule has 2 aromatic heterocycles. The van der Waals surface area contributed by atoms with E-state index < -0.39 is 0 Å². The predicted molar refractivity (Wildman–Crippen MR) is 75.8 cm³/mol. The summed E-state index contributed by atoms with van der Waals surface area (Å²) in [6.07, 6.45) is 3.46. The number of nitrogens with zero attached hydrogens (tertiary/aromatic N) is 4. The van der Waals surface area contributed by atoms with Gasteiger partial charge < -0.3 is 0 Å². The molecule has 0 spiro atoms. The summed E-state index contributed by atoms with van der Waals surface area (Å²) in [4.78, 5) is 8.85. The van der Waals surface area contributed by atoms with Crippen molar-refractivity contribution in [3.05, 3.63) is 42.9 Å². The number of hydrogen-bond donors (Lipinski definition) is 0. The number of benzene rings is 1. The molecule has 0 fully saturated rings. The van der Waals surface area contributed by atoms with E-state index in [1.165, 1.54) is 0 Å². The monoisotopic (exact) mass is 252 g/mol. The molecule has 0 amide bonds. The molecule has 19 heavy (non-hydrogen) atoms. The highest BCUT2D eigenvalue weighted by atomic mass is 15.4. The smallest absolute Gasteiger partial charge is 0.177 e. The summed E-state index contributed by atoms with van der Waals surface area (Å²) in [5.41, 5.74) is 0.741. The molecule has 4 nitrogen and oxygen atoms in total. The Kier molecular flexibility index (Phi) is 2.59. The number of fused-ring (bicyclic) bond motifs is 1. The molecule has 96 valence electrons. The average molecular weight is 252 g/mol. The van der Waals surface area contributed by atoms with Gasteiger partial charge in [0.15, 0.2) is 5.82 Å². The maximum Gasteiger partial charge on any atom is 0.177 e. The Balaban J connectivity index is 2.17. The zero-order chi connectivity index (χ0) is 13.5. The van der Waals surface area contributed by atoms with Gasteiger partial charge in [-0.25, -0.2) is 9.67 Å². The van der Waals surface area contributed by atoms with Crippen LogP contribution in [0, 0.1) is 0 Å². The summed E-state index contributed by atoms with van der Waals surface area (Å²) < 4.78 is 1.91. The van der Waals surface area contributed by atoms with Crippen LogP contribution in [0.25, 0.3) is 22.3 Å². The molecule has 4 heteroatoms. The number of aromatic nitrogens is 4. The van der Waals surface area contributed by atoms with E-state index in [2.05, 4.69) is 54.0 Å². The Morgan fingerprint density at radius 1 is 1.00 bits per heavy atom. The number of hydrogen-bond acceptors (Lipinski definition) is 3. The van der Waals surface area contributed by atoms with Gasteiger partial charge in [0.05, 0.1) is 5.54 Å². The van der Waals surface area contributed by atoms with Gasteiger partial charge in [-0.2, -0.15) is 5.10 Å². The Morgan fingerprint density at radius 2 is 1.74 bits per heavy atom. The highest BCUT2D eigenvalue weighted by Gasteiger charge is 2.20. The van der Waals surface area contributed by atoms with Crippen LogP contribution in [0.5, 0.6) is 0 Å². The van der Waals surface area contributed by atoms with Crippen LogP contribution in [0.15, 0.2) is 42.9 Å². The van der Waals surface area contributed by atoms with Crippen molar-refractivity contribution in [1.29, 1.82) is 0 Å². The van der Waals surface area contributed by atoms with Gasteiger partial charge in [-0.05, 0) is 32.2 Å². The van der Waals surface area contributed by atoms with E-state index in [0.29, 0.717) is 0 Å². The van der Waals surface area contributed by atoms with Crippen molar-refractivity contribution >= 4 is 10.8 Å². The molecule has 0 aliphatic carbocycles. The molecule has 1 aromatic carbocycles. The van der Waals surface area contributed by atoms with Crippen molar-refractivity contribution in [1.82, 2.24) is 19.7 Å². The second-order valence-corrected chi connectivity index (χ2v) is 5.58. The third kappa shape index (κ3) is 2.10. The normalized spacial score (nSPS) is 11.9. The van der Waals surface area contributed by atoms with Crippen LogP contribution in [0.4, 0.5) is 0 Å². The van der Waals surface area contributed by atoms with Gasteiger partial charge >= 0.3 is 0 Å². The first kappa shape index (κ1) is 11.8. The molecular weight excluding hydrogens is 236 g/mol. The van der Waals surface area contributed by atoms with E-state index in [-0.39, 0.29) is 5.54 Å². The van der Waals surface area contributed by atoms with Crippen molar-refractivity contribution in [2.45, 2.75) is 26.3 Å². The molecule has 0 bridgehead atoms. The maximum atomic E-state index is 4.50. The van der Waals surface area contributed by atoms with Gasteiger partial charge in [0.1, 0.15) is 12.0 Å². The van der Waals surface area contributed by atoms with Crippen LogP contribution in [0.2, 0.25) is 0 Å². The van der Waals surface area contributed by atoms with Crippen molar-refractivity contribution in [3.63, 3.8) is 0 Å². The molecule has 3 aromatic rings. The van der Waals surface area contributed by atoms with Crippen LogP contribution in [0.3, 0.4) is 0 Å². The summed E-state index contributed by atoms with van der Waals surface area (Å²) in [5.74, 6) is 0.804. The fourth-order valence-corrected chi connectivity index (χ4v) is 2.11.